The van der Waals surface area contributed by atoms with Gasteiger partial charge in [0, 0.05) is 12.4 Å². The maximum absolute atomic E-state index is 5.98. The van der Waals surface area contributed by atoms with E-state index in [-0.39, 0.29) is 0 Å². The van der Waals surface area contributed by atoms with Gasteiger partial charge >= 0.3 is 0 Å². The summed E-state index contributed by atoms with van der Waals surface area (Å²) < 4.78 is 0. The van der Waals surface area contributed by atoms with Crippen LogP contribution < -0.4 is 0 Å². The van der Waals surface area contributed by atoms with Crippen molar-refractivity contribution in [2.75, 3.05) is 0 Å². The second-order valence-corrected chi connectivity index (χ2v) is 7.01. The minimum Gasteiger partial charge on any atom is -0.256 e. The third kappa shape index (κ3) is 5.09. The van der Waals surface area contributed by atoms with Crippen LogP contribution in [0.5, 0.6) is 0 Å². The lowest BCUT2D eigenvalue weighted by molar-refractivity contribution is 1.51. The minimum absolute atomic E-state index is 0.482. The predicted molar refractivity (Wildman–Crippen MR) is 114 cm³/mol. The first-order valence-electron chi connectivity index (χ1n) is 7.59. The Morgan fingerprint density at radius 3 is 1.23 bits per heavy atom. The average molecular weight is 422 g/mol. The van der Waals surface area contributed by atoms with Gasteiger partial charge in [0.1, 0.15) is 0 Å². The highest BCUT2D eigenvalue weighted by atomic mass is 35.5. The average Bonchev–Trinajstić information content (AvgIpc) is 2.64. The molecule has 3 aromatic rings. The number of nitrogens with zero attached hydrogens (tertiary/aromatic N) is 2. The molecule has 6 heteroatoms. The van der Waals surface area contributed by atoms with Crippen LogP contribution in [0.25, 0.3) is 0 Å². The van der Waals surface area contributed by atoms with Crippen LogP contribution in [0.2, 0.25) is 20.1 Å². The summed E-state index contributed by atoms with van der Waals surface area (Å²) in [6.07, 6.45) is 3.53. The van der Waals surface area contributed by atoms with Crippen molar-refractivity contribution in [1.29, 1.82) is 0 Å². The molecule has 0 aliphatic heterocycles. The summed E-state index contributed by atoms with van der Waals surface area (Å²) >= 11 is 23.8. The molecule has 0 aliphatic carbocycles. The molecule has 3 aromatic carbocycles. The molecule has 26 heavy (non-hydrogen) atoms. The minimum atomic E-state index is 0.482. The highest BCUT2D eigenvalue weighted by molar-refractivity contribution is 6.42. The Labute approximate surface area is 171 Å². The van der Waals surface area contributed by atoms with Gasteiger partial charge in [-0.15, -0.1) is 0 Å². The van der Waals surface area contributed by atoms with Crippen molar-refractivity contribution in [2.24, 2.45) is 9.98 Å². The first-order chi connectivity index (χ1) is 12.5. The summed E-state index contributed by atoms with van der Waals surface area (Å²) in [5.74, 6) is 0. The third-order valence-corrected chi connectivity index (χ3v) is 4.95. The van der Waals surface area contributed by atoms with E-state index in [2.05, 4.69) is 9.98 Å². The predicted octanol–water partition coefficient (Wildman–Crippen LogP) is 7.80. The van der Waals surface area contributed by atoms with Crippen LogP contribution in [-0.4, -0.2) is 12.4 Å². The monoisotopic (exact) mass is 420 g/mol. The first-order valence-corrected chi connectivity index (χ1v) is 9.11. The maximum atomic E-state index is 5.98. The van der Waals surface area contributed by atoms with Gasteiger partial charge in [0.05, 0.1) is 31.5 Å². The highest BCUT2D eigenvalue weighted by Crippen LogP contribution is 2.27. The Balaban J connectivity index is 1.69. The number of hydrogen-bond donors (Lipinski definition) is 0. The van der Waals surface area contributed by atoms with E-state index in [1.165, 1.54) is 0 Å². The molecule has 3 rings (SSSR count). The van der Waals surface area contributed by atoms with Crippen LogP contribution in [-0.2, 0) is 0 Å². The standard InChI is InChI=1S/C20H12Cl4N2/c21-17-7-5-15(9-19(17)23)25-11-13-1-2-14(4-3-13)12-26-16-6-8-18(22)20(24)10-16/h1-12H. The first kappa shape index (κ1) is 18.9. The molecule has 0 saturated carbocycles. The summed E-state index contributed by atoms with van der Waals surface area (Å²) in [5.41, 5.74) is 3.40. The van der Waals surface area contributed by atoms with Crippen LogP contribution in [0.4, 0.5) is 11.4 Å². The van der Waals surface area contributed by atoms with Crippen LogP contribution in [0, 0.1) is 0 Å². The molecule has 0 radical (unpaired) electrons. The Bertz CT molecular complexity index is 899. The summed E-state index contributed by atoms with van der Waals surface area (Å²) in [5, 5.41) is 1.98. The van der Waals surface area contributed by atoms with Crippen LogP contribution in [0.15, 0.2) is 70.6 Å². The Kier molecular flexibility index (Phi) is 6.33. The van der Waals surface area contributed by atoms with Gasteiger partial charge in [0.15, 0.2) is 0 Å². The normalized spacial score (nSPS) is 11.5. The summed E-state index contributed by atoms with van der Waals surface area (Å²) in [7, 11) is 0. The molecule has 0 saturated heterocycles. The number of rotatable bonds is 4. The van der Waals surface area contributed by atoms with Gasteiger partial charge in [-0.25, -0.2) is 0 Å². The van der Waals surface area contributed by atoms with E-state index in [0.29, 0.717) is 20.1 Å². The lowest BCUT2D eigenvalue weighted by Gasteiger charge is -1.99. The van der Waals surface area contributed by atoms with E-state index < -0.39 is 0 Å². The van der Waals surface area contributed by atoms with Gasteiger partial charge < -0.3 is 0 Å². The van der Waals surface area contributed by atoms with Gasteiger partial charge in [0.2, 0.25) is 0 Å². The summed E-state index contributed by atoms with van der Waals surface area (Å²) in [6, 6.07) is 18.3. The topological polar surface area (TPSA) is 24.7 Å². The van der Waals surface area contributed by atoms with Gasteiger partial charge in [-0.05, 0) is 47.5 Å². The van der Waals surface area contributed by atoms with E-state index in [4.69, 9.17) is 46.4 Å². The van der Waals surface area contributed by atoms with Crippen LogP contribution in [0.1, 0.15) is 11.1 Å². The fourth-order valence-electron chi connectivity index (χ4n) is 2.10. The molecule has 2 nitrogen and oxygen atoms in total. The Morgan fingerprint density at radius 1 is 0.500 bits per heavy atom. The fraction of sp³-hybridized carbons (Fsp3) is 0. The van der Waals surface area contributed by atoms with Crippen molar-refractivity contribution in [2.45, 2.75) is 0 Å². The van der Waals surface area contributed by atoms with E-state index in [1.54, 1.807) is 36.7 Å². The molecule has 0 aliphatic rings. The van der Waals surface area contributed by atoms with E-state index in [9.17, 15) is 0 Å². The maximum Gasteiger partial charge on any atom is 0.0645 e. The fourth-order valence-corrected chi connectivity index (χ4v) is 2.68. The van der Waals surface area contributed by atoms with Crippen molar-refractivity contribution in [3.8, 4) is 0 Å². The van der Waals surface area contributed by atoms with E-state index in [0.717, 1.165) is 22.5 Å². The largest absolute Gasteiger partial charge is 0.256 e. The van der Waals surface area contributed by atoms with Gasteiger partial charge in [0.25, 0.3) is 0 Å². The van der Waals surface area contributed by atoms with Gasteiger partial charge in [-0.1, -0.05) is 70.7 Å². The third-order valence-electron chi connectivity index (χ3n) is 3.47. The smallest absolute Gasteiger partial charge is 0.0645 e. The second-order valence-electron chi connectivity index (χ2n) is 5.38. The van der Waals surface area contributed by atoms with Crippen LogP contribution >= 0.6 is 46.4 Å². The quantitative estimate of drug-likeness (QED) is 0.384. The molecule has 0 aromatic heterocycles. The van der Waals surface area contributed by atoms with Crippen molar-refractivity contribution in [1.82, 2.24) is 0 Å². The second kappa shape index (κ2) is 8.70. The summed E-state index contributed by atoms with van der Waals surface area (Å²) in [4.78, 5) is 8.78. The Morgan fingerprint density at radius 2 is 0.885 bits per heavy atom. The molecule has 0 atom stereocenters. The molecule has 0 spiro atoms. The molecule has 130 valence electrons. The lowest BCUT2D eigenvalue weighted by Crippen LogP contribution is -1.84. The van der Waals surface area contributed by atoms with Gasteiger partial charge in [-0.3, -0.25) is 9.98 Å². The van der Waals surface area contributed by atoms with E-state index >= 15 is 0 Å². The van der Waals surface area contributed by atoms with Crippen LogP contribution in [0.3, 0.4) is 0 Å². The molecule has 0 fully saturated rings. The highest BCUT2D eigenvalue weighted by Gasteiger charge is 1.99. The molecule has 0 amide bonds. The summed E-state index contributed by atoms with van der Waals surface area (Å²) in [6.45, 7) is 0. The number of hydrogen-bond acceptors (Lipinski definition) is 2. The number of aliphatic imine (C=N–C) groups is 2. The molecule has 0 N–H and O–H groups in total. The zero-order chi connectivity index (χ0) is 18.5. The zero-order valence-corrected chi connectivity index (χ0v) is 16.4. The van der Waals surface area contributed by atoms with Crippen molar-refractivity contribution in [3.05, 3.63) is 91.9 Å². The van der Waals surface area contributed by atoms with Crippen molar-refractivity contribution in [3.63, 3.8) is 0 Å². The molecule has 0 unspecified atom stereocenters. The van der Waals surface area contributed by atoms with E-state index in [1.807, 2.05) is 36.4 Å². The van der Waals surface area contributed by atoms with Crippen molar-refractivity contribution >= 4 is 70.2 Å². The van der Waals surface area contributed by atoms with Crippen molar-refractivity contribution < 1.29 is 0 Å². The number of halogens is 4. The zero-order valence-electron chi connectivity index (χ0n) is 13.3. The molecule has 0 heterocycles. The molecular formula is C20H12Cl4N2. The SMILES string of the molecule is Clc1ccc(N=Cc2ccc(C=Nc3ccc(Cl)c(Cl)c3)cc2)cc1Cl. The molecular weight excluding hydrogens is 410 g/mol. The lowest BCUT2D eigenvalue weighted by atomic mass is 10.1. The number of benzene rings is 3. The van der Waals surface area contributed by atoms with Gasteiger partial charge in [-0.2, -0.15) is 0 Å². The molecule has 0 bridgehead atoms. The Hall–Kier alpha value is -1.84.